The quantitative estimate of drug-likeness (QED) is 0.903. The molecule has 0 aliphatic carbocycles. The number of aryl methyl sites for hydroxylation is 1. The number of anilines is 1. The molecule has 2 aromatic rings. The maximum atomic E-state index is 12.3. The Bertz CT molecular complexity index is 800. The molecule has 0 aliphatic rings. The van der Waals surface area contributed by atoms with Crippen molar-refractivity contribution in [3.63, 3.8) is 0 Å². The first-order valence-corrected chi connectivity index (χ1v) is 8.83. The van der Waals surface area contributed by atoms with Crippen LogP contribution in [0.2, 0.25) is 0 Å². The van der Waals surface area contributed by atoms with Gasteiger partial charge in [0.05, 0.1) is 4.90 Å². The third-order valence-corrected chi connectivity index (χ3v) is 4.57. The molecule has 21 heavy (non-hydrogen) atoms. The molecule has 1 amide bonds. The van der Waals surface area contributed by atoms with E-state index in [1.54, 1.807) is 31.2 Å². The number of carbonyl (C=O) groups is 1. The van der Waals surface area contributed by atoms with Crippen LogP contribution in [0.5, 0.6) is 0 Å². The van der Waals surface area contributed by atoms with Crippen molar-refractivity contribution in [3.8, 4) is 0 Å². The minimum atomic E-state index is -3.34. The molecule has 1 N–H and O–H groups in total. The molecular weight excluding hydrogens is 354 g/mol. The molecule has 6 heteroatoms. The zero-order valence-corrected chi connectivity index (χ0v) is 14.0. The summed E-state index contributed by atoms with van der Waals surface area (Å²) in [4.78, 5) is 12.4. The molecule has 0 heterocycles. The standard InChI is InChI=1S/C15H14BrNO3S/c1-10-6-7-13(21(2,19)20)9-14(10)15(18)17-12-5-3-4-11(16)8-12/h3-9H,1-2H3,(H,17,18). The maximum absolute atomic E-state index is 12.3. The van der Waals surface area contributed by atoms with Crippen LogP contribution in [-0.4, -0.2) is 20.6 Å². The fourth-order valence-electron chi connectivity index (χ4n) is 1.84. The van der Waals surface area contributed by atoms with Gasteiger partial charge >= 0.3 is 0 Å². The smallest absolute Gasteiger partial charge is 0.255 e. The van der Waals surface area contributed by atoms with Crippen LogP contribution >= 0.6 is 15.9 Å². The van der Waals surface area contributed by atoms with Crippen molar-refractivity contribution in [1.82, 2.24) is 0 Å². The lowest BCUT2D eigenvalue weighted by atomic mass is 10.1. The van der Waals surface area contributed by atoms with Crippen molar-refractivity contribution >= 4 is 37.4 Å². The van der Waals surface area contributed by atoms with E-state index in [4.69, 9.17) is 0 Å². The first-order chi connectivity index (χ1) is 9.77. The fourth-order valence-corrected chi connectivity index (χ4v) is 2.89. The highest BCUT2D eigenvalue weighted by Gasteiger charge is 2.14. The van der Waals surface area contributed by atoms with Gasteiger partial charge in [0, 0.05) is 22.0 Å². The molecule has 0 bridgehead atoms. The van der Waals surface area contributed by atoms with Gasteiger partial charge in [0.15, 0.2) is 9.84 Å². The third-order valence-electron chi connectivity index (χ3n) is 2.96. The third kappa shape index (κ3) is 3.92. The Balaban J connectivity index is 2.35. The van der Waals surface area contributed by atoms with Gasteiger partial charge in [0.2, 0.25) is 0 Å². The highest BCUT2D eigenvalue weighted by molar-refractivity contribution is 9.10. The molecule has 0 unspecified atom stereocenters. The maximum Gasteiger partial charge on any atom is 0.255 e. The molecule has 0 saturated heterocycles. The average molecular weight is 368 g/mol. The number of rotatable bonds is 3. The fraction of sp³-hybridized carbons (Fsp3) is 0.133. The van der Waals surface area contributed by atoms with E-state index >= 15 is 0 Å². The van der Waals surface area contributed by atoms with Crippen LogP contribution in [0.3, 0.4) is 0 Å². The molecule has 0 aliphatic heterocycles. The lowest BCUT2D eigenvalue weighted by molar-refractivity contribution is 0.102. The summed E-state index contributed by atoms with van der Waals surface area (Å²) in [6.45, 7) is 1.77. The van der Waals surface area contributed by atoms with E-state index in [1.807, 2.05) is 6.07 Å². The summed E-state index contributed by atoms with van der Waals surface area (Å²) >= 11 is 3.33. The highest BCUT2D eigenvalue weighted by Crippen LogP contribution is 2.19. The normalized spacial score (nSPS) is 11.2. The Morgan fingerprint density at radius 2 is 1.86 bits per heavy atom. The van der Waals surface area contributed by atoms with Crippen LogP contribution in [-0.2, 0) is 9.84 Å². The number of sulfone groups is 1. The number of benzene rings is 2. The van der Waals surface area contributed by atoms with E-state index in [0.29, 0.717) is 11.3 Å². The predicted octanol–water partition coefficient (Wildman–Crippen LogP) is 3.41. The molecule has 0 radical (unpaired) electrons. The highest BCUT2D eigenvalue weighted by atomic mass is 79.9. The van der Waals surface area contributed by atoms with E-state index in [2.05, 4.69) is 21.2 Å². The van der Waals surface area contributed by atoms with Crippen LogP contribution in [0, 0.1) is 6.92 Å². The molecular formula is C15H14BrNO3S. The van der Waals surface area contributed by atoms with Gasteiger partial charge in [-0.05, 0) is 42.8 Å². The predicted molar refractivity (Wildman–Crippen MR) is 86.4 cm³/mol. The second-order valence-electron chi connectivity index (χ2n) is 4.71. The van der Waals surface area contributed by atoms with E-state index in [-0.39, 0.29) is 10.8 Å². The van der Waals surface area contributed by atoms with Crippen molar-refractivity contribution in [2.45, 2.75) is 11.8 Å². The van der Waals surface area contributed by atoms with Crippen molar-refractivity contribution in [3.05, 3.63) is 58.1 Å². The molecule has 110 valence electrons. The van der Waals surface area contributed by atoms with Gasteiger partial charge in [-0.15, -0.1) is 0 Å². The number of amides is 1. The summed E-state index contributed by atoms with van der Waals surface area (Å²) in [5, 5.41) is 2.75. The molecule has 0 saturated carbocycles. The van der Waals surface area contributed by atoms with Gasteiger partial charge in [-0.3, -0.25) is 4.79 Å². The van der Waals surface area contributed by atoms with Crippen LogP contribution in [0.1, 0.15) is 15.9 Å². The van der Waals surface area contributed by atoms with Gasteiger partial charge in [-0.25, -0.2) is 8.42 Å². The first kappa shape index (κ1) is 15.7. The lowest BCUT2D eigenvalue weighted by Gasteiger charge is -2.09. The number of hydrogen-bond acceptors (Lipinski definition) is 3. The van der Waals surface area contributed by atoms with E-state index in [9.17, 15) is 13.2 Å². The number of hydrogen-bond donors (Lipinski definition) is 1. The summed E-state index contributed by atoms with van der Waals surface area (Å²) < 4.78 is 24.0. The Hall–Kier alpha value is -1.66. The van der Waals surface area contributed by atoms with E-state index in [1.165, 1.54) is 12.1 Å². The molecule has 0 atom stereocenters. The first-order valence-electron chi connectivity index (χ1n) is 6.15. The Labute approximate surface area is 132 Å². The number of carbonyl (C=O) groups excluding carboxylic acids is 1. The molecule has 2 rings (SSSR count). The second kappa shape index (κ2) is 5.99. The van der Waals surface area contributed by atoms with Crippen molar-refractivity contribution < 1.29 is 13.2 Å². The minimum Gasteiger partial charge on any atom is -0.322 e. The summed E-state index contributed by atoms with van der Waals surface area (Å²) in [6, 6.07) is 11.7. The minimum absolute atomic E-state index is 0.132. The zero-order chi connectivity index (χ0) is 15.6. The van der Waals surface area contributed by atoms with E-state index in [0.717, 1.165) is 16.3 Å². The van der Waals surface area contributed by atoms with Crippen LogP contribution in [0.15, 0.2) is 51.8 Å². The SMILES string of the molecule is Cc1ccc(S(C)(=O)=O)cc1C(=O)Nc1cccc(Br)c1. The molecule has 2 aromatic carbocycles. The Kier molecular flexibility index (Phi) is 4.49. The van der Waals surface area contributed by atoms with Gasteiger partial charge in [0.25, 0.3) is 5.91 Å². The van der Waals surface area contributed by atoms with Crippen molar-refractivity contribution in [2.75, 3.05) is 11.6 Å². The zero-order valence-electron chi connectivity index (χ0n) is 11.6. The van der Waals surface area contributed by atoms with E-state index < -0.39 is 9.84 Å². The topological polar surface area (TPSA) is 63.2 Å². The summed E-state index contributed by atoms with van der Waals surface area (Å²) in [7, 11) is -3.34. The molecule has 0 aromatic heterocycles. The molecule has 4 nitrogen and oxygen atoms in total. The summed E-state index contributed by atoms with van der Waals surface area (Å²) in [5.74, 6) is -0.337. The summed E-state index contributed by atoms with van der Waals surface area (Å²) in [5.41, 5.74) is 1.70. The monoisotopic (exact) mass is 367 g/mol. The van der Waals surface area contributed by atoms with Gasteiger partial charge < -0.3 is 5.32 Å². The largest absolute Gasteiger partial charge is 0.322 e. The van der Waals surface area contributed by atoms with Crippen molar-refractivity contribution in [2.24, 2.45) is 0 Å². The summed E-state index contributed by atoms with van der Waals surface area (Å²) in [6.07, 6.45) is 1.12. The van der Waals surface area contributed by atoms with Crippen LogP contribution in [0.4, 0.5) is 5.69 Å². The molecule has 0 spiro atoms. The van der Waals surface area contributed by atoms with Gasteiger partial charge in [-0.1, -0.05) is 28.1 Å². The van der Waals surface area contributed by atoms with Gasteiger partial charge in [0.1, 0.15) is 0 Å². The average Bonchev–Trinajstić information content (AvgIpc) is 2.37. The Morgan fingerprint density at radius 1 is 1.14 bits per heavy atom. The van der Waals surface area contributed by atoms with Crippen LogP contribution < -0.4 is 5.32 Å². The molecule has 0 fully saturated rings. The van der Waals surface area contributed by atoms with Gasteiger partial charge in [-0.2, -0.15) is 0 Å². The van der Waals surface area contributed by atoms with Crippen LogP contribution in [0.25, 0.3) is 0 Å². The van der Waals surface area contributed by atoms with Crippen molar-refractivity contribution in [1.29, 1.82) is 0 Å². The number of nitrogens with one attached hydrogen (secondary N) is 1. The second-order valence-corrected chi connectivity index (χ2v) is 7.64. The lowest BCUT2D eigenvalue weighted by Crippen LogP contribution is -2.14. The Morgan fingerprint density at radius 3 is 2.48 bits per heavy atom. The number of halogens is 1.